The molecule has 25 heavy (non-hydrogen) atoms. The van der Waals surface area contributed by atoms with Crippen molar-refractivity contribution in [3.8, 4) is 0 Å². The Bertz CT molecular complexity index is 644. The zero-order chi connectivity index (χ0) is 17.4. The van der Waals surface area contributed by atoms with Crippen LogP contribution in [0.2, 0.25) is 0 Å². The minimum absolute atomic E-state index is 0.171. The van der Waals surface area contributed by atoms with Gasteiger partial charge in [0.2, 0.25) is 0 Å². The van der Waals surface area contributed by atoms with E-state index in [2.05, 4.69) is 107 Å². The first-order chi connectivity index (χ1) is 12.4. The second kappa shape index (κ2) is 9.26. The van der Waals surface area contributed by atoms with E-state index in [9.17, 15) is 0 Å². The molecule has 0 aliphatic rings. The summed E-state index contributed by atoms with van der Waals surface area (Å²) in [6, 6.07) is 32.7. The van der Waals surface area contributed by atoms with Crippen molar-refractivity contribution >= 4 is 27.7 Å². The molecule has 0 aliphatic heterocycles. The van der Waals surface area contributed by atoms with Crippen LogP contribution in [0.1, 0.15) is 29.5 Å². The molecule has 0 spiro atoms. The monoisotopic (exact) mass is 410 g/mol. The summed E-state index contributed by atoms with van der Waals surface area (Å²) in [6.07, 6.45) is 2.42. The normalized spacial score (nSPS) is 11.4. The lowest BCUT2D eigenvalue weighted by Gasteiger charge is -2.35. The van der Waals surface area contributed by atoms with Gasteiger partial charge in [0, 0.05) is 5.33 Å². The average Bonchev–Trinajstić information content (AvgIpc) is 2.70. The van der Waals surface area contributed by atoms with E-state index in [1.54, 1.807) is 0 Å². The number of alkyl halides is 1. The molecule has 2 heteroatoms. The number of thioether (sulfide) groups is 1. The van der Waals surface area contributed by atoms with Crippen LogP contribution < -0.4 is 0 Å². The molecule has 0 atom stereocenters. The zero-order valence-corrected chi connectivity index (χ0v) is 16.7. The van der Waals surface area contributed by atoms with Crippen LogP contribution >= 0.6 is 27.7 Å². The molecule has 0 saturated carbocycles. The summed E-state index contributed by atoms with van der Waals surface area (Å²) < 4.78 is -0.171. The third-order valence-electron chi connectivity index (χ3n) is 4.39. The average molecular weight is 411 g/mol. The number of benzene rings is 3. The Balaban J connectivity index is 2.13. The van der Waals surface area contributed by atoms with Crippen molar-refractivity contribution in [2.24, 2.45) is 0 Å². The molecule has 0 aromatic heterocycles. The van der Waals surface area contributed by atoms with Crippen molar-refractivity contribution in [2.75, 3.05) is 11.1 Å². The summed E-state index contributed by atoms with van der Waals surface area (Å²) >= 11 is 5.60. The lowest BCUT2D eigenvalue weighted by Crippen LogP contribution is -2.26. The van der Waals surface area contributed by atoms with Crippen LogP contribution in [0.15, 0.2) is 91.0 Å². The van der Waals surface area contributed by atoms with Crippen LogP contribution in [0.4, 0.5) is 0 Å². The molecule has 0 nitrogen and oxygen atoms in total. The van der Waals surface area contributed by atoms with Gasteiger partial charge in [0.25, 0.3) is 0 Å². The van der Waals surface area contributed by atoms with Gasteiger partial charge in [-0.25, -0.2) is 0 Å². The van der Waals surface area contributed by atoms with Gasteiger partial charge in [-0.15, -0.1) is 11.8 Å². The third-order valence-corrected chi connectivity index (χ3v) is 6.58. The first-order valence-corrected chi connectivity index (χ1v) is 10.8. The standard InChI is InChI=1S/C23H23BrS/c24-18-10-11-19-25-23(20-12-4-1-5-13-20,21-14-6-2-7-15-21)22-16-8-3-9-17-22/h1-9,12-17H,10-11,18-19H2. The van der Waals surface area contributed by atoms with E-state index in [0.717, 1.165) is 11.1 Å². The molecule has 0 saturated heterocycles. The van der Waals surface area contributed by atoms with E-state index in [4.69, 9.17) is 0 Å². The number of hydrogen-bond acceptors (Lipinski definition) is 1. The fraction of sp³-hybridized carbons (Fsp3) is 0.217. The van der Waals surface area contributed by atoms with Crippen LogP contribution in [-0.2, 0) is 4.75 Å². The highest BCUT2D eigenvalue weighted by Crippen LogP contribution is 2.48. The van der Waals surface area contributed by atoms with Crippen LogP contribution in [0.5, 0.6) is 0 Å². The molecular weight excluding hydrogens is 388 g/mol. The predicted octanol–water partition coefficient (Wildman–Crippen LogP) is 6.89. The highest BCUT2D eigenvalue weighted by Gasteiger charge is 2.36. The molecule has 3 aromatic carbocycles. The highest BCUT2D eigenvalue weighted by atomic mass is 79.9. The van der Waals surface area contributed by atoms with Crippen molar-refractivity contribution in [2.45, 2.75) is 17.6 Å². The van der Waals surface area contributed by atoms with Gasteiger partial charge in [-0.3, -0.25) is 0 Å². The Hall–Kier alpha value is -1.51. The summed E-state index contributed by atoms with van der Waals surface area (Å²) in [6.45, 7) is 0. The quantitative estimate of drug-likeness (QED) is 0.221. The van der Waals surface area contributed by atoms with Gasteiger partial charge < -0.3 is 0 Å². The highest BCUT2D eigenvalue weighted by molar-refractivity contribution is 9.09. The molecule has 0 aliphatic carbocycles. The largest absolute Gasteiger partial charge is 0.141 e. The Morgan fingerprint density at radius 3 is 1.36 bits per heavy atom. The molecule has 0 radical (unpaired) electrons. The third kappa shape index (κ3) is 4.19. The van der Waals surface area contributed by atoms with Gasteiger partial charge in [0.15, 0.2) is 0 Å². The molecule has 128 valence electrons. The fourth-order valence-electron chi connectivity index (χ4n) is 3.19. The number of rotatable bonds is 8. The summed E-state index contributed by atoms with van der Waals surface area (Å²) in [5, 5.41) is 1.07. The lowest BCUT2D eigenvalue weighted by molar-refractivity contribution is 0.869. The van der Waals surface area contributed by atoms with Gasteiger partial charge in [-0.1, -0.05) is 107 Å². The van der Waals surface area contributed by atoms with Gasteiger partial charge in [-0.05, 0) is 35.3 Å². The maximum absolute atomic E-state index is 3.56. The summed E-state index contributed by atoms with van der Waals surface area (Å²) in [7, 11) is 0. The summed E-state index contributed by atoms with van der Waals surface area (Å²) in [5.74, 6) is 1.13. The number of unbranched alkanes of at least 4 members (excludes halogenated alkanes) is 1. The fourth-order valence-corrected chi connectivity index (χ4v) is 5.15. The van der Waals surface area contributed by atoms with Gasteiger partial charge in [-0.2, -0.15) is 0 Å². The summed E-state index contributed by atoms with van der Waals surface area (Å²) in [4.78, 5) is 0. The second-order valence-corrected chi connectivity index (χ2v) is 8.13. The van der Waals surface area contributed by atoms with Crippen molar-refractivity contribution in [1.82, 2.24) is 0 Å². The first-order valence-electron chi connectivity index (χ1n) is 8.74. The van der Waals surface area contributed by atoms with Gasteiger partial charge >= 0.3 is 0 Å². The van der Waals surface area contributed by atoms with E-state index >= 15 is 0 Å². The molecule has 0 unspecified atom stereocenters. The Morgan fingerprint density at radius 1 is 0.600 bits per heavy atom. The molecule has 0 heterocycles. The Kier molecular flexibility index (Phi) is 6.77. The Morgan fingerprint density at radius 2 is 1.00 bits per heavy atom. The van der Waals surface area contributed by atoms with Gasteiger partial charge in [0.05, 0.1) is 4.75 Å². The molecule has 0 N–H and O–H groups in total. The number of hydrogen-bond donors (Lipinski definition) is 0. The minimum Gasteiger partial charge on any atom is -0.141 e. The SMILES string of the molecule is BrCCCCSC(c1ccccc1)(c1ccccc1)c1ccccc1. The second-order valence-electron chi connectivity index (χ2n) is 6.02. The van der Waals surface area contributed by atoms with Crippen molar-refractivity contribution in [1.29, 1.82) is 0 Å². The van der Waals surface area contributed by atoms with Crippen LogP contribution in [-0.4, -0.2) is 11.1 Å². The van der Waals surface area contributed by atoms with E-state index < -0.39 is 0 Å². The van der Waals surface area contributed by atoms with Crippen LogP contribution in [0, 0.1) is 0 Å². The molecule has 0 fully saturated rings. The molecule has 0 bridgehead atoms. The smallest absolute Gasteiger partial charge is 0.0906 e. The minimum atomic E-state index is -0.171. The zero-order valence-electron chi connectivity index (χ0n) is 14.3. The van der Waals surface area contributed by atoms with Crippen molar-refractivity contribution in [3.05, 3.63) is 108 Å². The topological polar surface area (TPSA) is 0 Å². The van der Waals surface area contributed by atoms with Crippen LogP contribution in [0.3, 0.4) is 0 Å². The van der Waals surface area contributed by atoms with Crippen LogP contribution in [0.25, 0.3) is 0 Å². The lowest BCUT2D eigenvalue weighted by atomic mass is 9.84. The molecule has 0 amide bonds. The number of halogens is 1. The van der Waals surface area contributed by atoms with E-state index in [1.165, 1.54) is 29.5 Å². The van der Waals surface area contributed by atoms with E-state index in [-0.39, 0.29) is 4.75 Å². The van der Waals surface area contributed by atoms with E-state index in [0.29, 0.717) is 0 Å². The summed E-state index contributed by atoms with van der Waals surface area (Å²) in [5.41, 5.74) is 4.03. The maximum atomic E-state index is 3.56. The molecule has 3 aromatic rings. The predicted molar refractivity (Wildman–Crippen MR) is 115 cm³/mol. The Labute approximate surface area is 163 Å². The molecular formula is C23H23BrS. The van der Waals surface area contributed by atoms with E-state index in [1.807, 2.05) is 11.8 Å². The van der Waals surface area contributed by atoms with Gasteiger partial charge in [0.1, 0.15) is 0 Å². The van der Waals surface area contributed by atoms with Crippen molar-refractivity contribution < 1.29 is 0 Å². The maximum Gasteiger partial charge on any atom is 0.0906 e. The van der Waals surface area contributed by atoms with Crippen molar-refractivity contribution in [3.63, 3.8) is 0 Å². The first kappa shape index (κ1) is 18.3. The molecule has 3 rings (SSSR count).